The van der Waals surface area contributed by atoms with E-state index in [9.17, 15) is 0 Å². The molecule has 1 aromatic heterocycles. The number of piperidine rings is 1. The highest BCUT2D eigenvalue weighted by Gasteiger charge is 2.13. The second kappa shape index (κ2) is 7.27. The molecule has 5 heteroatoms. The molecule has 1 aromatic rings. The Morgan fingerprint density at radius 2 is 2.00 bits per heavy atom. The molecule has 0 saturated carbocycles. The quantitative estimate of drug-likeness (QED) is 0.813. The van der Waals surface area contributed by atoms with Crippen LogP contribution in [0.2, 0.25) is 5.02 Å². The van der Waals surface area contributed by atoms with Crippen molar-refractivity contribution >= 4 is 11.6 Å². The molecular weight excluding hydrogens is 260 g/mol. The van der Waals surface area contributed by atoms with Crippen LogP contribution in [0.15, 0.2) is 0 Å². The molecule has 0 unspecified atom stereocenters. The van der Waals surface area contributed by atoms with E-state index in [1.54, 1.807) is 0 Å². The van der Waals surface area contributed by atoms with E-state index in [0.717, 1.165) is 42.5 Å². The third kappa shape index (κ3) is 3.94. The lowest BCUT2D eigenvalue weighted by atomic mass is 10.1. The van der Waals surface area contributed by atoms with Crippen molar-refractivity contribution in [2.75, 3.05) is 26.2 Å². The summed E-state index contributed by atoms with van der Waals surface area (Å²) >= 11 is 6.32. The molecule has 0 atom stereocenters. The largest absolute Gasteiger partial charge is 0.310 e. The highest BCUT2D eigenvalue weighted by molar-refractivity contribution is 6.31. The number of likely N-dealkylation sites (tertiary alicyclic amines) is 1. The van der Waals surface area contributed by atoms with E-state index in [1.807, 2.05) is 11.7 Å². The van der Waals surface area contributed by atoms with Crippen molar-refractivity contribution in [1.29, 1.82) is 0 Å². The normalized spacial score (nSPS) is 17.0. The van der Waals surface area contributed by atoms with Gasteiger partial charge < -0.3 is 10.2 Å². The molecule has 2 rings (SSSR count). The standard InChI is InChI=1S/C14H25ClN4/c1-3-12-14(15)13(18(2)17-12)11-16-7-10-19-8-5-4-6-9-19/h16H,3-11H2,1-2H3. The highest BCUT2D eigenvalue weighted by Crippen LogP contribution is 2.20. The van der Waals surface area contributed by atoms with Gasteiger partial charge in [-0.1, -0.05) is 24.9 Å². The lowest BCUT2D eigenvalue weighted by Gasteiger charge is -2.26. The van der Waals surface area contributed by atoms with Crippen LogP contribution in [-0.2, 0) is 20.0 Å². The third-order valence-electron chi connectivity index (χ3n) is 3.85. The van der Waals surface area contributed by atoms with E-state index in [2.05, 4.69) is 22.2 Å². The molecule has 1 N–H and O–H groups in total. The summed E-state index contributed by atoms with van der Waals surface area (Å²) in [6.07, 6.45) is 5.00. The zero-order chi connectivity index (χ0) is 13.7. The minimum absolute atomic E-state index is 0.802. The Balaban J connectivity index is 1.74. The topological polar surface area (TPSA) is 33.1 Å². The Morgan fingerprint density at radius 3 is 2.63 bits per heavy atom. The number of aryl methyl sites for hydroxylation is 2. The molecule has 4 nitrogen and oxygen atoms in total. The molecule has 1 aliphatic heterocycles. The Hall–Kier alpha value is -0.580. The van der Waals surface area contributed by atoms with Crippen LogP contribution in [0, 0.1) is 0 Å². The first-order valence-electron chi connectivity index (χ1n) is 7.35. The fourth-order valence-corrected chi connectivity index (χ4v) is 3.00. The maximum atomic E-state index is 6.32. The minimum atomic E-state index is 0.802. The van der Waals surface area contributed by atoms with Crippen molar-refractivity contribution in [3.8, 4) is 0 Å². The van der Waals surface area contributed by atoms with Crippen molar-refractivity contribution in [2.24, 2.45) is 7.05 Å². The van der Waals surface area contributed by atoms with Gasteiger partial charge in [-0.3, -0.25) is 4.68 Å². The molecule has 108 valence electrons. The molecule has 1 fully saturated rings. The summed E-state index contributed by atoms with van der Waals surface area (Å²) in [5.41, 5.74) is 2.09. The molecule has 2 heterocycles. The maximum Gasteiger partial charge on any atom is 0.0863 e. The number of rotatable bonds is 6. The van der Waals surface area contributed by atoms with Crippen molar-refractivity contribution in [3.63, 3.8) is 0 Å². The summed E-state index contributed by atoms with van der Waals surface area (Å²) in [6, 6.07) is 0. The summed E-state index contributed by atoms with van der Waals surface area (Å²) in [5, 5.41) is 8.74. The van der Waals surface area contributed by atoms with Gasteiger partial charge >= 0.3 is 0 Å². The van der Waals surface area contributed by atoms with Crippen LogP contribution in [0.25, 0.3) is 0 Å². The summed E-state index contributed by atoms with van der Waals surface area (Å²) in [4.78, 5) is 2.54. The molecule has 0 amide bonds. The zero-order valence-corrected chi connectivity index (χ0v) is 12.8. The van der Waals surface area contributed by atoms with Gasteiger partial charge in [0.05, 0.1) is 16.4 Å². The average molecular weight is 285 g/mol. The summed E-state index contributed by atoms with van der Waals surface area (Å²) in [6.45, 7) is 7.55. The van der Waals surface area contributed by atoms with Gasteiger partial charge in [-0.2, -0.15) is 5.10 Å². The van der Waals surface area contributed by atoms with Gasteiger partial charge in [0.1, 0.15) is 0 Å². The van der Waals surface area contributed by atoms with Crippen molar-refractivity contribution in [2.45, 2.75) is 39.2 Å². The van der Waals surface area contributed by atoms with Gasteiger partial charge in [0.2, 0.25) is 0 Å². The van der Waals surface area contributed by atoms with E-state index >= 15 is 0 Å². The number of nitrogens with zero attached hydrogens (tertiary/aromatic N) is 3. The number of aromatic nitrogens is 2. The fourth-order valence-electron chi connectivity index (χ4n) is 2.64. The number of hydrogen-bond donors (Lipinski definition) is 1. The molecule has 0 spiro atoms. The molecule has 0 bridgehead atoms. The van der Waals surface area contributed by atoms with Crippen LogP contribution in [0.4, 0.5) is 0 Å². The van der Waals surface area contributed by atoms with E-state index in [1.165, 1.54) is 32.4 Å². The van der Waals surface area contributed by atoms with Crippen LogP contribution in [0.3, 0.4) is 0 Å². The predicted octanol–water partition coefficient (Wildman–Crippen LogP) is 2.21. The summed E-state index contributed by atoms with van der Waals surface area (Å²) in [5.74, 6) is 0. The van der Waals surface area contributed by atoms with E-state index in [-0.39, 0.29) is 0 Å². The van der Waals surface area contributed by atoms with Crippen molar-refractivity contribution in [3.05, 3.63) is 16.4 Å². The molecule has 1 aliphatic rings. The minimum Gasteiger partial charge on any atom is -0.310 e. The van der Waals surface area contributed by atoms with Crippen LogP contribution in [-0.4, -0.2) is 40.9 Å². The summed E-state index contributed by atoms with van der Waals surface area (Å²) < 4.78 is 1.90. The highest BCUT2D eigenvalue weighted by atomic mass is 35.5. The fraction of sp³-hybridized carbons (Fsp3) is 0.786. The lowest BCUT2D eigenvalue weighted by Crippen LogP contribution is -2.35. The Morgan fingerprint density at radius 1 is 1.26 bits per heavy atom. The zero-order valence-electron chi connectivity index (χ0n) is 12.1. The maximum absolute atomic E-state index is 6.32. The second-order valence-corrected chi connectivity index (χ2v) is 5.64. The number of hydrogen-bond acceptors (Lipinski definition) is 3. The number of halogens is 1. The van der Waals surface area contributed by atoms with Crippen LogP contribution in [0.1, 0.15) is 37.6 Å². The van der Waals surface area contributed by atoms with Crippen molar-refractivity contribution in [1.82, 2.24) is 20.0 Å². The van der Waals surface area contributed by atoms with Crippen LogP contribution >= 0.6 is 11.6 Å². The van der Waals surface area contributed by atoms with Gasteiger partial charge in [-0.15, -0.1) is 0 Å². The molecule has 0 aromatic carbocycles. The van der Waals surface area contributed by atoms with Crippen LogP contribution in [0.5, 0.6) is 0 Å². The van der Waals surface area contributed by atoms with E-state index < -0.39 is 0 Å². The van der Waals surface area contributed by atoms with Gasteiger partial charge in [0.25, 0.3) is 0 Å². The van der Waals surface area contributed by atoms with E-state index in [4.69, 9.17) is 11.6 Å². The van der Waals surface area contributed by atoms with Gasteiger partial charge in [0.15, 0.2) is 0 Å². The van der Waals surface area contributed by atoms with Gasteiger partial charge in [-0.25, -0.2) is 0 Å². The molecule has 0 radical (unpaired) electrons. The molecule has 0 aliphatic carbocycles. The first-order chi connectivity index (χ1) is 9.22. The SMILES string of the molecule is CCc1nn(C)c(CNCCN2CCCCC2)c1Cl. The average Bonchev–Trinajstić information content (AvgIpc) is 2.71. The Bertz CT molecular complexity index is 396. The molecule has 19 heavy (non-hydrogen) atoms. The molecular formula is C14H25ClN4. The predicted molar refractivity (Wildman–Crippen MR) is 79.6 cm³/mol. The number of nitrogens with one attached hydrogen (secondary N) is 1. The smallest absolute Gasteiger partial charge is 0.0863 e. The van der Waals surface area contributed by atoms with Gasteiger partial charge in [0, 0.05) is 26.7 Å². The van der Waals surface area contributed by atoms with Gasteiger partial charge in [-0.05, 0) is 32.4 Å². The first-order valence-corrected chi connectivity index (χ1v) is 7.73. The third-order valence-corrected chi connectivity index (χ3v) is 4.29. The lowest BCUT2D eigenvalue weighted by molar-refractivity contribution is 0.229. The Kier molecular flexibility index (Phi) is 5.67. The summed E-state index contributed by atoms with van der Waals surface area (Å²) in [7, 11) is 1.96. The molecule has 1 saturated heterocycles. The Labute approximate surface area is 121 Å². The van der Waals surface area contributed by atoms with Crippen molar-refractivity contribution < 1.29 is 0 Å². The van der Waals surface area contributed by atoms with Crippen LogP contribution < -0.4 is 5.32 Å². The first kappa shape index (κ1) is 14.8. The second-order valence-electron chi connectivity index (χ2n) is 5.26. The monoisotopic (exact) mass is 284 g/mol. The van der Waals surface area contributed by atoms with E-state index in [0.29, 0.717) is 0 Å².